The van der Waals surface area contributed by atoms with Crippen molar-refractivity contribution in [3.8, 4) is 40.1 Å². The van der Waals surface area contributed by atoms with Gasteiger partial charge in [0.1, 0.15) is 5.82 Å². The van der Waals surface area contributed by atoms with Crippen LogP contribution in [0.1, 0.15) is 43.2 Å². The molecule has 7 nitrogen and oxygen atoms in total. The SMILES string of the molecule is [Pt].[c-]1c(Oc2[c-]c3c(cc2)c2ccccc2n3-c2cc(C3(c4ccccc4)C4CC5CC(C4)CC3C5)ccn2)cccc1N1[CH-]n2nc(-c3ccccc3)nc2-c2ccccc21. The van der Waals surface area contributed by atoms with Gasteiger partial charge >= 0.3 is 0 Å². The Bertz CT molecular complexity index is 3110. The Kier molecular flexibility index (Phi) is 8.79. The van der Waals surface area contributed by atoms with E-state index in [0.717, 1.165) is 67.8 Å². The molecule has 4 heterocycles. The van der Waals surface area contributed by atoms with Gasteiger partial charge in [-0.2, -0.15) is 17.2 Å². The first kappa shape index (κ1) is 37.3. The minimum Gasteiger partial charge on any atom is -0.509 e. The molecule has 4 fully saturated rings. The van der Waals surface area contributed by atoms with Crippen molar-refractivity contribution in [2.75, 3.05) is 4.90 Å². The number of anilines is 2. The van der Waals surface area contributed by atoms with Crippen molar-refractivity contribution in [2.45, 2.75) is 37.5 Å². The summed E-state index contributed by atoms with van der Waals surface area (Å²) in [4.78, 5) is 12.2. The minimum atomic E-state index is -0.0179. The van der Waals surface area contributed by atoms with E-state index in [1.54, 1.807) is 0 Å². The molecule has 0 atom stereocenters. The summed E-state index contributed by atoms with van der Waals surface area (Å²) in [6, 6.07) is 60.5. The number of fused-ring (bicyclic) bond motifs is 6. The third-order valence-corrected chi connectivity index (χ3v) is 14.2. The summed E-state index contributed by atoms with van der Waals surface area (Å²) in [5.41, 5.74) is 8.65. The monoisotopic (exact) mass is 984 g/mol. The normalized spacial score (nSPS) is 21.9. The van der Waals surface area contributed by atoms with Gasteiger partial charge in [0.15, 0.2) is 5.82 Å². The van der Waals surface area contributed by atoms with Crippen molar-refractivity contribution in [2.24, 2.45) is 23.7 Å². The maximum atomic E-state index is 6.66. The van der Waals surface area contributed by atoms with Gasteiger partial charge in [-0.15, -0.1) is 35.7 Å². The van der Waals surface area contributed by atoms with Gasteiger partial charge in [-0.1, -0.05) is 115 Å². The van der Waals surface area contributed by atoms with Gasteiger partial charge in [0, 0.05) is 66.8 Å². The van der Waals surface area contributed by atoms with Crippen LogP contribution in [0.5, 0.6) is 11.5 Å². The Morgan fingerprint density at radius 2 is 1.37 bits per heavy atom. The molecule has 0 amide bonds. The van der Waals surface area contributed by atoms with E-state index < -0.39 is 0 Å². The van der Waals surface area contributed by atoms with E-state index in [4.69, 9.17) is 19.8 Å². The van der Waals surface area contributed by atoms with Crippen LogP contribution in [0.25, 0.3) is 50.4 Å². The molecule has 6 aromatic carbocycles. The van der Waals surface area contributed by atoms with Gasteiger partial charge in [-0.05, 0) is 102 Å². The van der Waals surface area contributed by atoms with E-state index in [2.05, 4.69) is 107 Å². The molecule has 0 unspecified atom stereocenters. The number of pyridine rings is 1. The van der Waals surface area contributed by atoms with E-state index >= 15 is 0 Å². The van der Waals surface area contributed by atoms with Crippen molar-refractivity contribution in [1.82, 2.24) is 24.3 Å². The van der Waals surface area contributed by atoms with Crippen LogP contribution in [0.15, 0.2) is 158 Å². The van der Waals surface area contributed by atoms with E-state index in [9.17, 15) is 0 Å². The Morgan fingerprint density at radius 1 is 0.645 bits per heavy atom. The first-order valence-corrected chi connectivity index (χ1v) is 21.6. The van der Waals surface area contributed by atoms with Crippen molar-refractivity contribution in [3.05, 3.63) is 188 Å². The number of nitrogens with zero attached hydrogens (tertiary/aromatic N) is 6. The molecular weight excluding hydrogens is 944 g/mol. The topological polar surface area (TPSA) is 61.0 Å². The summed E-state index contributed by atoms with van der Waals surface area (Å²) in [7, 11) is 0. The van der Waals surface area contributed by atoms with Gasteiger partial charge in [0.2, 0.25) is 0 Å². The summed E-state index contributed by atoms with van der Waals surface area (Å²) in [6.45, 7) is 1.97. The van der Waals surface area contributed by atoms with Crippen molar-refractivity contribution < 1.29 is 25.8 Å². The molecule has 0 saturated heterocycles. The average Bonchev–Trinajstić information content (AvgIpc) is 3.89. The number of para-hydroxylation sites is 2. The van der Waals surface area contributed by atoms with Gasteiger partial charge in [0.25, 0.3) is 0 Å². The number of rotatable bonds is 7. The second kappa shape index (κ2) is 14.6. The molecule has 306 valence electrons. The zero-order valence-corrected chi connectivity index (χ0v) is 36.1. The zero-order chi connectivity index (χ0) is 40.1. The molecule has 1 aliphatic heterocycles. The fourth-order valence-electron chi connectivity index (χ4n) is 12.0. The van der Waals surface area contributed by atoms with E-state index in [-0.39, 0.29) is 26.5 Å². The molecule has 4 aliphatic carbocycles. The second-order valence-electron chi connectivity index (χ2n) is 17.5. The zero-order valence-electron chi connectivity index (χ0n) is 33.8. The Hall–Kier alpha value is -6.43. The Balaban J connectivity index is 0.00000410. The molecule has 0 radical (unpaired) electrons. The summed E-state index contributed by atoms with van der Waals surface area (Å²) in [6.07, 6.45) is 8.75. The molecule has 14 rings (SSSR count). The average molecular weight is 985 g/mol. The first-order valence-electron chi connectivity index (χ1n) is 21.6. The molecule has 4 bridgehead atoms. The molecule has 5 aliphatic rings. The van der Waals surface area contributed by atoms with Crippen LogP contribution in [0, 0.1) is 42.5 Å². The Morgan fingerprint density at radius 3 is 2.19 bits per heavy atom. The second-order valence-corrected chi connectivity index (χ2v) is 17.5. The standard InChI is InChI=1S/C54H41N6O.Pt/c1-3-12-37(13-4-1)52-56-53-47-19-8-9-20-48(47)58(34-59(53)57-52)42-16-11-17-43(32-42)61-44-22-23-46-45-18-7-10-21-49(45)60(50(46)33-44)51-31-39(24-25-55-51)54(38-14-5-2-6-15-38)40-27-35-26-36(29-40)30-41(54)28-35;/h1-25,31,34-36,40-41H,26-30H2;/q-3;. The number of aromatic nitrogens is 5. The van der Waals surface area contributed by atoms with Crippen molar-refractivity contribution >= 4 is 33.2 Å². The smallest absolute Gasteiger partial charge is 0.160 e. The molecule has 3 aromatic heterocycles. The summed E-state index contributed by atoms with van der Waals surface area (Å²) >= 11 is 0. The summed E-state index contributed by atoms with van der Waals surface area (Å²) in [5, 5.41) is 7.16. The van der Waals surface area contributed by atoms with E-state index in [1.807, 2.05) is 84.3 Å². The largest absolute Gasteiger partial charge is 0.509 e. The number of hydrogen-bond acceptors (Lipinski definition) is 5. The minimum absolute atomic E-state index is 0. The first-order chi connectivity index (χ1) is 30.2. The van der Waals surface area contributed by atoms with Gasteiger partial charge in [-0.3, -0.25) is 0 Å². The fraction of sp³-hybridized carbons (Fsp3) is 0.185. The van der Waals surface area contributed by atoms with Crippen LogP contribution < -0.4 is 9.64 Å². The quantitative estimate of drug-likeness (QED) is 0.149. The number of hydrogen-bond donors (Lipinski definition) is 0. The van der Waals surface area contributed by atoms with Crippen LogP contribution >= 0.6 is 0 Å². The third kappa shape index (κ3) is 5.74. The van der Waals surface area contributed by atoms with Crippen LogP contribution in [-0.4, -0.2) is 24.3 Å². The van der Waals surface area contributed by atoms with Crippen LogP contribution in [0.4, 0.5) is 11.4 Å². The predicted octanol–water partition coefficient (Wildman–Crippen LogP) is 12.4. The summed E-state index contributed by atoms with van der Waals surface area (Å²) in [5.74, 6) is 6.60. The molecule has 9 aromatic rings. The van der Waals surface area contributed by atoms with Gasteiger partial charge < -0.3 is 23.9 Å². The predicted molar refractivity (Wildman–Crippen MR) is 240 cm³/mol. The molecule has 4 saturated carbocycles. The maximum Gasteiger partial charge on any atom is 0.160 e. The molecule has 0 spiro atoms. The third-order valence-electron chi connectivity index (χ3n) is 14.2. The van der Waals surface area contributed by atoms with E-state index in [1.165, 1.54) is 43.2 Å². The molecule has 8 heteroatoms. The van der Waals surface area contributed by atoms with Crippen LogP contribution in [0.3, 0.4) is 0 Å². The van der Waals surface area contributed by atoms with Gasteiger partial charge in [0.05, 0.1) is 0 Å². The molecule has 0 N–H and O–H groups in total. The number of benzene rings is 6. The van der Waals surface area contributed by atoms with E-state index in [0.29, 0.717) is 29.2 Å². The van der Waals surface area contributed by atoms with Gasteiger partial charge in [-0.25, -0.2) is 4.98 Å². The van der Waals surface area contributed by atoms with Crippen molar-refractivity contribution in [1.29, 1.82) is 0 Å². The van der Waals surface area contributed by atoms with Crippen molar-refractivity contribution in [3.63, 3.8) is 0 Å². The number of ether oxygens (including phenoxy) is 1. The molecule has 62 heavy (non-hydrogen) atoms. The maximum absolute atomic E-state index is 6.66. The molecular formula is C54H41N6OPt-3. The van der Waals surface area contributed by atoms with Crippen LogP contribution in [0.2, 0.25) is 0 Å². The Labute approximate surface area is 375 Å². The van der Waals surface area contributed by atoms with Crippen LogP contribution in [-0.2, 0) is 26.5 Å². The fourth-order valence-corrected chi connectivity index (χ4v) is 12.0. The summed E-state index contributed by atoms with van der Waals surface area (Å²) < 4.78 is 10.8.